The molecule has 0 spiro atoms. The Kier molecular flexibility index (Phi) is 6.22. The Morgan fingerprint density at radius 2 is 2.00 bits per heavy atom. The van der Waals surface area contributed by atoms with Crippen molar-refractivity contribution in [3.63, 3.8) is 0 Å². The maximum atomic E-state index is 11.7. The average molecular weight is 289 g/mol. The Morgan fingerprint density at radius 3 is 2.50 bits per heavy atom. The van der Waals surface area contributed by atoms with Crippen LogP contribution >= 0.6 is 24.2 Å². The van der Waals surface area contributed by atoms with Gasteiger partial charge in [0.1, 0.15) is 0 Å². The van der Waals surface area contributed by atoms with Gasteiger partial charge in [-0.05, 0) is 24.0 Å². The Hall–Kier alpha value is -0.480. The smallest absolute Gasteiger partial charge is 0.297 e. The summed E-state index contributed by atoms with van der Waals surface area (Å²) in [6.07, 6.45) is 7.35. The molecule has 0 amide bonds. The van der Waals surface area contributed by atoms with Gasteiger partial charge in [-0.1, -0.05) is 38.3 Å². The maximum absolute atomic E-state index is 11.7. The van der Waals surface area contributed by atoms with Gasteiger partial charge in [0, 0.05) is 12.7 Å². The van der Waals surface area contributed by atoms with Crippen molar-refractivity contribution in [2.45, 2.75) is 46.1 Å². The van der Waals surface area contributed by atoms with E-state index in [1.807, 2.05) is 0 Å². The average Bonchev–Trinajstić information content (AvgIpc) is 2.34. The van der Waals surface area contributed by atoms with Crippen molar-refractivity contribution in [3.05, 3.63) is 27.9 Å². The van der Waals surface area contributed by atoms with E-state index >= 15 is 0 Å². The third-order valence-electron chi connectivity index (χ3n) is 3.23. The molecule has 1 heterocycles. The van der Waals surface area contributed by atoms with Gasteiger partial charge < -0.3 is 0 Å². The molecule has 1 rings (SSSR count). The SMILES string of the molecule is CCCC(CS)(CCC)Cn1cc(Cl)cnc1=O. The molecule has 0 saturated heterocycles. The quantitative estimate of drug-likeness (QED) is 0.780. The number of rotatable bonds is 7. The molecule has 0 atom stereocenters. The molecule has 0 fully saturated rings. The summed E-state index contributed by atoms with van der Waals surface area (Å²) in [6.45, 7) is 4.96. The van der Waals surface area contributed by atoms with E-state index in [1.54, 1.807) is 10.8 Å². The van der Waals surface area contributed by atoms with Crippen molar-refractivity contribution in [2.75, 3.05) is 5.75 Å². The predicted molar refractivity (Wildman–Crippen MR) is 79.6 cm³/mol. The lowest BCUT2D eigenvalue weighted by atomic mass is 9.81. The van der Waals surface area contributed by atoms with Gasteiger partial charge in [-0.3, -0.25) is 4.57 Å². The molecule has 0 aliphatic rings. The number of nitrogens with zero attached hydrogens (tertiary/aromatic N) is 2. The highest BCUT2D eigenvalue weighted by Crippen LogP contribution is 2.33. The first-order chi connectivity index (χ1) is 8.56. The van der Waals surface area contributed by atoms with Crippen molar-refractivity contribution >= 4 is 24.2 Å². The minimum absolute atomic E-state index is 0.0583. The molecule has 0 radical (unpaired) electrons. The van der Waals surface area contributed by atoms with Crippen LogP contribution in [0.1, 0.15) is 39.5 Å². The molecule has 0 aliphatic carbocycles. The van der Waals surface area contributed by atoms with Crippen molar-refractivity contribution in [1.29, 1.82) is 0 Å². The van der Waals surface area contributed by atoms with Crippen LogP contribution in [0.2, 0.25) is 5.02 Å². The van der Waals surface area contributed by atoms with Crippen LogP contribution < -0.4 is 5.69 Å². The molecule has 0 bridgehead atoms. The lowest BCUT2D eigenvalue weighted by Crippen LogP contribution is -2.34. The lowest BCUT2D eigenvalue weighted by Gasteiger charge is -2.32. The zero-order valence-electron chi connectivity index (χ0n) is 11.0. The van der Waals surface area contributed by atoms with Crippen LogP contribution in [0.3, 0.4) is 0 Å². The number of hydrogen-bond acceptors (Lipinski definition) is 3. The van der Waals surface area contributed by atoms with Crippen molar-refractivity contribution in [1.82, 2.24) is 9.55 Å². The fourth-order valence-corrected chi connectivity index (χ4v) is 3.04. The second-order valence-electron chi connectivity index (χ2n) is 4.84. The van der Waals surface area contributed by atoms with E-state index < -0.39 is 0 Å². The Morgan fingerprint density at radius 1 is 1.39 bits per heavy atom. The van der Waals surface area contributed by atoms with Crippen molar-refractivity contribution < 1.29 is 0 Å². The Bertz CT molecular complexity index is 427. The van der Waals surface area contributed by atoms with E-state index in [9.17, 15) is 4.79 Å². The van der Waals surface area contributed by atoms with Gasteiger partial charge in [0.05, 0.1) is 11.2 Å². The van der Waals surface area contributed by atoms with Crippen LogP contribution in [0, 0.1) is 5.41 Å². The highest BCUT2D eigenvalue weighted by Gasteiger charge is 2.27. The number of halogens is 1. The minimum Gasteiger partial charge on any atom is -0.297 e. The van der Waals surface area contributed by atoms with Crippen LogP contribution in [0.25, 0.3) is 0 Å². The number of hydrogen-bond donors (Lipinski definition) is 1. The molecule has 0 unspecified atom stereocenters. The van der Waals surface area contributed by atoms with E-state index in [1.165, 1.54) is 6.20 Å². The summed E-state index contributed by atoms with van der Waals surface area (Å²) in [7, 11) is 0. The van der Waals surface area contributed by atoms with Gasteiger partial charge in [0.2, 0.25) is 0 Å². The maximum Gasteiger partial charge on any atom is 0.347 e. The lowest BCUT2D eigenvalue weighted by molar-refractivity contribution is 0.227. The minimum atomic E-state index is -0.238. The van der Waals surface area contributed by atoms with E-state index in [4.69, 9.17) is 11.6 Å². The molecule has 1 aromatic rings. The Labute approximate surface area is 119 Å². The first kappa shape index (κ1) is 15.6. The molecular weight excluding hydrogens is 268 g/mol. The van der Waals surface area contributed by atoms with Gasteiger partial charge in [0.15, 0.2) is 0 Å². The van der Waals surface area contributed by atoms with Crippen LogP contribution in [0.4, 0.5) is 0 Å². The highest BCUT2D eigenvalue weighted by atomic mass is 35.5. The molecule has 1 aromatic heterocycles. The molecular formula is C13H21ClN2OS. The number of thiol groups is 1. The first-order valence-corrected chi connectivity index (χ1v) is 7.41. The fourth-order valence-electron chi connectivity index (χ4n) is 2.45. The highest BCUT2D eigenvalue weighted by molar-refractivity contribution is 7.80. The van der Waals surface area contributed by atoms with E-state index in [2.05, 4.69) is 31.5 Å². The van der Waals surface area contributed by atoms with E-state index in [0.717, 1.165) is 31.4 Å². The Balaban J connectivity index is 3.01. The van der Waals surface area contributed by atoms with Gasteiger partial charge in [-0.2, -0.15) is 12.6 Å². The third-order valence-corrected chi connectivity index (χ3v) is 4.09. The second kappa shape index (κ2) is 7.19. The summed E-state index contributed by atoms with van der Waals surface area (Å²) in [6, 6.07) is 0. The van der Waals surface area contributed by atoms with Crippen LogP contribution in [-0.4, -0.2) is 15.3 Å². The summed E-state index contributed by atoms with van der Waals surface area (Å²) < 4.78 is 1.61. The van der Waals surface area contributed by atoms with Crippen molar-refractivity contribution in [3.8, 4) is 0 Å². The zero-order chi connectivity index (χ0) is 13.6. The van der Waals surface area contributed by atoms with Gasteiger partial charge in [-0.15, -0.1) is 0 Å². The molecule has 102 valence electrons. The molecule has 0 aliphatic heterocycles. The van der Waals surface area contributed by atoms with Crippen LogP contribution in [-0.2, 0) is 6.54 Å². The standard InChI is InChI=1S/C13H21ClN2OS/c1-3-5-13(10-18,6-4-2)9-16-8-11(14)7-15-12(16)17/h7-8,18H,3-6,9-10H2,1-2H3. The molecule has 0 N–H and O–H groups in total. The topological polar surface area (TPSA) is 34.9 Å². The molecule has 5 heteroatoms. The monoisotopic (exact) mass is 288 g/mol. The predicted octanol–water partition coefficient (Wildman–Crippen LogP) is 3.41. The number of aromatic nitrogens is 2. The summed E-state index contributed by atoms with van der Waals surface area (Å²) in [5.41, 5.74) is -0.180. The molecule has 0 aromatic carbocycles. The van der Waals surface area contributed by atoms with Gasteiger partial charge in [0.25, 0.3) is 0 Å². The third kappa shape index (κ3) is 4.02. The zero-order valence-corrected chi connectivity index (χ0v) is 12.7. The first-order valence-electron chi connectivity index (χ1n) is 6.39. The van der Waals surface area contributed by atoms with Crippen LogP contribution in [0.15, 0.2) is 17.2 Å². The molecule has 3 nitrogen and oxygen atoms in total. The molecule has 0 saturated carbocycles. The van der Waals surface area contributed by atoms with Crippen LogP contribution in [0.5, 0.6) is 0 Å². The summed E-state index contributed by atoms with van der Waals surface area (Å²) >= 11 is 10.4. The fraction of sp³-hybridized carbons (Fsp3) is 0.692. The largest absolute Gasteiger partial charge is 0.347 e. The van der Waals surface area contributed by atoms with Crippen molar-refractivity contribution in [2.24, 2.45) is 5.41 Å². The van der Waals surface area contributed by atoms with Gasteiger partial charge >= 0.3 is 5.69 Å². The summed E-state index contributed by atoms with van der Waals surface area (Å²) in [5, 5.41) is 0.496. The summed E-state index contributed by atoms with van der Waals surface area (Å²) in [5.74, 6) is 0.771. The molecule has 18 heavy (non-hydrogen) atoms. The second-order valence-corrected chi connectivity index (χ2v) is 5.59. The van der Waals surface area contributed by atoms with E-state index in [0.29, 0.717) is 11.6 Å². The van der Waals surface area contributed by atoms with E-state index in [-0.39, 0.29) is 11.1 Å². The summed E-state index contributed by atoms with van der Waals surface area (Å²) in [4.78, 5) is 15.5. The van der Waals surface area contributed by atoms with Gasteiger partial charge in [-0.25, -0.2) is 9.78 Å². The normalized spacial score (nSPS) is 11.8.